The molecule has 14 aromatic carbocycles. The summed E-state index contributed by atoms with van der Waals surface area (Å²) in [4.78, 5) is 0. The van der Waals surface area contributed by atoms with Gasteiger partial charge in [0, 0.05) is 10.8 Å². The number of rotatable bonds is 4. The summed E-state index contributed by atoms with van der Waals surface area (Å²) in [5.41, 5.74) is 26.1. The van der Waals surface area contributed by atoms with Gasteiger partial charge in [-0.05, 0) is 218 Å². The molecule has 0 heteroatoms. The van der Waals surface area contributed by atoms with E-state index in [0.29, 0.717) is 0 Å². The molecule has 0 unspecified atom stereocenters. The van der Waals surface area contributed by atoms with Crippen molar-refractivity contribution < 1.29 is 0 Å². The molecule has 0 amide bonds. The largest absolute Gasteiger partial charge is 0.0619 e. The standard InChI is InChI=1S/C78H52/c1-77(2)68-26-13-11-20-56(68)58-36-34-52(41-70(58)77)72-60-22-9-10-23-61(60)73(53-35-37-59-57-21-12-14-27-69(57)78(3,4)71(59)42-53)76-67-44-65-55-19-8-7-18-54(55)64(43-66(65)62-24-15-25-63(74(62)67)75(72)76)51-33-32-49-39-48(30-31-50(49)40-51)47-29-28-45-16-5-6-17-46(45)38-47/h5-44H,1-4H3. The van der Waals surface area contributed by atoms with E-state index in [-0.39, 0.29) is 10.8 Å². The Morgan fingerprint density at radius 2 is 0.615 bits per heavy atom. The lowest BCUT2D eigenvalue weighted by atomic mass is 9.78. The molecule has 0 heterocycles. The normalized spacial score (nSPS) is 14.1. The van der Waals surface area contributed by atoms with Gasteiger partial charge in [-0.25, -0.2) is 0 Å². The minimum atomic E-state index is -0.142. The Hall–Kier alpha value is -9.36. The lowest BCUT2D eigenvalue weighted by molar-refractivity contribution is 0.660. The maximum atomic E-state index is 2.57. The highest BCUT2D eigenvalue weighted by Crippen LogP contribution is 2.61. The summed E-state index contributed by atoms with van der Waals surface area (Å²) in [6.07, 6.45) is 0. The highest BCUT2D eigenvalue weighted by molar-refractivity contribution is 6.33. The summed E-state index contributed by atoms with van der Waals surface area (Å²) < 4.78 is 0. The molecule has 17 rings (SSSR count). The van der Waals surface area contributed by atoms with Gasteiger partial charge in [0.05, 0.1) is 0 Å². The van der Waals surface area contributed by atoms with E-state index in [4.69, 9.17) is 0 Å². The molecule has 0 saturated heterocycles. The Labute approximate surface area is 454 Å². The number of hydrogen-bond acceptors (Lipinski definition) is 0. The van der Waals surface area contributed by atoms with Crippen LogP contribution in [0.3, 0.4) is 0 Å². The fraction of sp³-hybridized carbons (Fsp3) is 0.0769. The van der Waals surface area contributed by atoms with Gasteiger partial charge in [0.2, 0.25) is 0 Å². The van der Waals surface area contributed by atoms with Crippen molar-refractivity contribution in [2.45, 2.75) is 38.5 Å². The van der Waals surface area contributed by atoms with E-state index >= 15 is 0 Å². The molecule has 0 atom stereocenters. The lowest BCUT2D eigenvalue weighted by Gasteiger charge is -2.25. The predicted octanol–water partition coefficient (Wildman–Crippen LogP) is 21.5. The Morgan fingerprint density at radius 3 is 1.24 bits per heavy atom. The van der Waals surface area contributed by atoms with Gasteiger partial charge < -0.3 is 0 Å². The van der Waals surface area contributed by atoms with Crippen LogP contribution in [0, 0.1) is 0 Å². The van der Waals surface area contributed by atoms with Crippen LogP contribution in [0.5, 0.6) is 0 Å². The molecular weight excluding hydrogens is 937 g/mol. The van der Waals surface area contributed by atoms with Gasteiger partial charge in [-0.15, -0.1) is 0 Å². The molecule has 78 heavy (non-hydrogen) atoms. The topological polar surface area (TPSA) is 0 Å². The fourth-order valence-corrected chi connectivity index (χ4v) is 15.0. The Balaban J connectivity index is 0.920. The summed E-state index contributed by atoms with van der Waals surface area (Å²) in [5, 5.41) is 15.3. The summed E-state index contributed by atoms with van der Waals surface area (Å²) in [6, 6.07) is 92.8. The van der Waals surface area contributed by atoms with Gasteiger partial charge in [-0.2, -0.15) is 0 Å². The highest BCUT2D eigenvalue weighted by atomic mass is 14.4. The van der Waals surface area contributed by atoms with Crippen LogP contribution in [-0.4, -0.2) is 0 Å². The van der Waals surface area contributed by atoms with Crippen LogP contribution in [-0.2, 0) is 10.8 Å². The first kappa shape index (κ1) is 43.8. The van der Waals surface area contributed by atoms with E-state index in [9.17, 15) is 0 Å². The fourth-order valence-electron chi connectivity index (χ4n) is 15.0. The van der Waals surface area contributed by atoms with Crippen molar-refractivity contribution in [3.63, 3.8) is 0 Å². The van der Waals surface area contributed by atoms with Gasteiger partial charge in [-0.1, -0.05) is 228 Å². The molecule has 3 aliphatic carbocycles. The second kappa shape index (κ2) is 15.6. The molecule has 0 aromatic heterocycles. The zero-order valence-corrected chi connectivity index (χ0v) is 44.1. The zero-order chi connectivity index (χ0) is 51.8. The minimum absolute atomic E-state index is 0.138. The van der Waals surface area contributed by atoms with E-state index in [0.717, 1.165) is 0 Å². The maximum absolute atomic E-state index is 2.57. The molecule has 0 spiro atoms. The third-order valence-electron chi connectivity index (χ3n) is 18.7. The first-order chi connectivity index (χ1) is 38.2. The van der Waals surface area contributed by atoms with Gasteiger partial charge in [-0.3, -0.25) is 0 Å². The second-order valence-corrected chi connectivity index (χ2v) is 23.5. The molecule has 0 bridgehead atoms. The predicted molar refractivity (Wildman–Crippen MR) is 333 cm³/mol. The van der Waals surface area contributed by atoms with Crippen molar-refractivity contribution in [3.8, 4) is 89.0 Å². The smallest absolute Gasteiger partial charge is 0.0159 e. The lowest BCUT2D eigenvalue weighted by Crippen LogP contribution is -2.15. The molecule has 14 aromatic rings. The Bertz CT molecular complexity index is 5020. The van der Waals surface area contributed by atoms with Crippen molar-refractivity contribution in [3.05, 3.63) is 265 Å². The summed E-state index contributed by atoms with van der Waals surface area (Å²) in [6.45, 7) is 9.62. The molecule has 0 fully saturated rings. The molecule has 364 valence electrons. The van der Waals surface area contributed by atoms with Crippen molar-refractivity contribution in [2.24, 2.45) is 0 Å². The van der Waals surface area contributed by atoms with Crippen LogP contribution in [0.4, 0.5) is 0 Å². The molecule has 3 aliphatic rings. The molecule has 0 N–H and O–H groups in total. The average molecular weight is 989 g/mol. The molecule has 0 nitrogen and oxygen atoms in total. The molecule has 0 radical (unpaired) electrons. The minimum Gasteiger partial charge on any atom is -0.0619 e. The monoisotopic (exact) mass is 988 g/mol. The summed E-state index contributed by atoms with van der Waals surface area (Å²) >= 11 is 0. The van der Waals surface area contributed by atoms with E-state index < -0.39 is 0 Å². The van der Waals surface area contributed by atoms with Gasteiger partial charge in [0.25, 0.3) is 0 Å². The second-order valence-electron chi connectivity index (χ2n) is 23.5. The van der Waals surface area contributed by atoms with Crippen LogP contribution < -0.4 is 0 Å². The first-order valence-corrected chi connectivity index (χ1v) is 27.7. The third kappa shape index (κ3) is 5.90. The van der Waals surface area contributed by atoms with Crippen LogP contribution >= 0.6 is 0 Å². The van der Waals surface area contributed by atoms with Crippen LogP contribution in [0.1, 0.15) is 49.9 Å². The van der Waals surface area contributed by atoms with E-state index in [1.165, 1.54) is 176 Å². The van der Waals surface area contributed by atoms with E-state index in [1.807, 2.05) is 0 Å². The zero-order valence-electron chi connectivity index (χ0n) is 44.1. The van der Waals surface area contributed by atoms with Gasteiger partial charge in [0.15, 0.2) is 0 Å². The number of fused-ring (bicyclic) bond motifs is 16. The SMILES string of the molecule is CC1(C)c2ccccc2-c2ccc(-c3c4c(c(-c5ccc6c(c5)C(C)(C)c5ccccc5-6)c5ccccc35)-c3cc5c6ccccc6c(-c6ccc7cc(-c8ccc9ccccc9c8)ccc7c6)cc5c5cccc-4c35)cc21. The molecule has 0 aliphatic heterocycles. The maximum Gasteiger partial charge on any atom is 0.0159 e. The van der Waals surface area contributed by atoms with E-state index in [1.54, 1.807) is 0 Å². The Morgan fingerprint density at radius 1 is 0.205 bits per heavy atom. The van der Waals surface area contributed by atoms with Crippen molar-refractivity contribution in [1.82, 2.24) is 0 Å². The van der Waals surface area contributed by atoms with Crippen molar-refractivity contribution in [1.29, 1.82) is 0 Å². The van der Waals surface area contributed by atoms with Crippen LogP contribution in [0.2, 0.25) is 0 Å². The average Bonchev–Trinajstić information content (AvgIpc) is 3.77. The van der Waals surface area contributed by atoms with Gasteiger partial charge in [0.1, 0.15) is 0 Å². The van der Waals surface area contributed by atoms with Crippen LogP contribution in [0.25, 0.3) is 154 Å². The molecular formula is C78H52. The summed E-state index contributed by atoms with van der Waals surface area (Å²) in [5.74, 6) is 0. The van der Waals surface area contributed by atoms with Crippen molar-refractivity contribution >= 4 is 64.6 Å². The highest BCUT2D eigenvalue weighted by Gasteiger charge is 2.39. The van der Waals surface area contributed by atoms with Gasteiger partial charge >= 0.3 is 0 Å². The van der Waals surface area contributed by atoms with Crippen molar-refractivity contribution in [2.75, 3.05) is 0 Å². The molecule has 0 saturated carbocycles. The Kier molecular flexibility index (Phi) is 8.78. The van der Waals surface area contributed by atoms with E-state index in [2.05, 4.69) is 270 Å². The van der Waals surface area contributed by atoms with Crippen LogP contribution in [0.15, 0.2) is 243 Å². The number of benzene rings is 14. The third-order valence-corrected chi connectivity index (χ3v) is 18.7. The quantitative estimate of drug-likeness (QED) is 0.154. The first-order valence-electron chi connectivity index (χ1n) is 27.7. The summed E-state index contributed by atoms with van der Waals surface area (Å²) in [7, 11) is 0. The number of hydrogen-bond donors (Lipinski definition) is 0.